The Balaban J connectivity index is 2.04. The highest BCUT2D eigenvalue weighted by Gasteiger charge is 2.23. The van der Waals surface area contributed by atoms with E-state index in [9.17, 15) is 4.79 Å². The predicted octanol–water partition coefficient (Wildman–Crippen LogP) is 3.47. The predicted molar refractivity (Wildman–Crippen MR) is 68.4 cm³/mol. The lowest BCUT2D eigenvalue weighted by atomic mass is 9.85. The average molecular weight is 227 g/mol. The van der Waals surface area contributed by atoms with Crippen LogP contribution in [-0.4, -0.2) is 10.2 Å². The van der Waals surface area contributed by atoms with E-state index < -0.39 is 0 Å². The molecular weight excluding hydrogens is 210 g/mol. The lowest BCUT2D eigenvalue weighted by molar-refractivity contribution is -0.120. The van der Waals surface area contributed by atoms with Crippen LogP contribution in [0.2, 0.25) is 0 Å². The van der Waals surface area contributed by atoms with Gasteiger partial charge >= 0.3 is 0 Å². The molecule has 0 aromatic carbocycles. The Kier molecular flexibility index (Phi) is 2.50. The number of rotatable bonds is 1. The summed E-state index contributed by atoms with van der Waals surface area (Å²) >= 11 is 0. The maximum atomic E-state index is 11.3. The van der Waals surface area contributed by atoms with Crippen molar-refractivity contribution < 1.29 is 4.79 Å². The molecule has 0 N–H and O–H groups in total. The summed E-state index contributed by atoms with van der Waals surface area (Å²) in [5.74, 6) is 0.984. The van der Waals surface area contributed by atoms with Gasteiger partial charge in [-0.25, -0.2) is 0 Å². The van der Waals surface area contributed by atoms with Gasteiger partial charge in [0.25, 0.3) is 0 Å². The van der Waals surface area contributed by atoms with Crippen molar-refractivity contribution in [2.75, 3.05) is 0 Å². The number of carbonyl (C=O) groups excluding carboxylic acids is 1. The summed E-state index contributed by atoms with van der Waals surface area (Å²) in [6.45, 7) is 2.18. The maximum absolute atomic E-state index is 11.3. The number of fused-ring (bicyclic) bond motifs is 1. The number of hydrogen-bond donors (Lipinski definition) is 0. The average Bonchev–Trinajstić information content (AvgIpc) is 2.66. The molecule has 2 aromatic rings. The first-order valence-electron chi connectivity index (χ1n) is 6.34. The Morgan fingerprint density at radius 2 is 2.00 bits per heavy atom. The zero-order valence-corrected chi connectivity index (χ0v) is 10.1. The highest BCUT2D eigenvalue weighted by Crippen LogP contribution is 2.34. The van der Waals surface area contributed by atoms with Crippen LogP contribution < -0.4 is 0 Å². The van der Waals surface area contributed by atoms with Crippen LogP contribution in [0, 0.1) is 6.92 Å². The van der Waals surface area contributed by atoms with Gasteiger partial charge in [-0.1, -0.05) is 6.07 Å². The molecule has 88 valence electrons. The zero-order chi connectivity index (χ0) is 11.8. The third-order valence-corrected chi connectivity index (χ3v) is 3.85. The van der Waals surface area contributed by atoms with Crippen molar-refractivity contribution in [3.05, 3.63) is 41.7 Å². The first-order chi connectivity index (χ1) is 8.25. The molecule has 0 radical (unpaired) electrons. The van der Waals surface area contributed by atoms with E-state index in [1.807, 2.05) is 0 Å². The summed E-state index contributed by atoms with van der Waals surface area (Å²) in [4.78, 5) is 11.3. The fourth-order valence-corrected chi connectivity index (χ4v) is 3.01. The minimum atomic E-state index is 0.430. The summed E-state index contributed by atoms with van der Waals surface area (Å²) in [5, 5.41) is 0. The molecule has 2 nitrogen and oxygen atoms in total. The van der Waals surface area contributed by atoms with Gasteiger partial charge in [-0.15, -0.1) is 0 Å². The summed E-state index contributed by atoms with van der Waals surface area (Å²) in [7, 11) is 0. The molecular formula is C15H17NO. The number of nitrogens with zero attached hydrogens (tertiary/aromatic N) is 1. The molecule has 0 unspecified atom stereocenters. The van der Waals surface area contributed by atoms with Gasteiger partial charge in [0.15, 0.2) is 0 Å². The van der Waals surface area contributed by atoms with Crippen LogP contribution in [-0.2, 0) is 4.79 Å². The highest BCUT2D eigenvalue weighted by atomic mass is 16.1. The summed E-state index contributed by atoms with van der Waals surface area (Å²) in [6, 6.07) is 8.53. The van der Waals surface area contributed by atoms with Crippen LogP contribution in [0.15, 0.2) is 30.5 Å². The molecule has 0 saturated heterocycles. The Morgan fingerprint density at radius 1 is 1.24 bits per heavy atom. The van der Waals surface area contributed by atoms with E-state index in [4.69, 9.17) is 0 Å². The van der Waals surface area contributed by atoms with Crippen molar-refractivity contribution in [2.24, 2.45) is 0 Å². The molecule has 0 amide bonds. The Morgan fingerprint density at radius 3 is 2.76 bits per heavy atom. The molecule has 0 aliphatic heterocycles. The number of carbonyl (C=O) groups is 1. The molecule has 2 heteroatoms. The fourth-order valence-electron chi connectivity index (χ4n) is 3.01. The van der Waals surface area contributed by atoms with Gasteiger partial charge in [0.1, 0.15) is 5.78 Å². The Bertz CT molecular complexity index is 557. The molecule has 1 saturated carbocycles. The third kappa shape index (κ3) is 1.78. The van der Waals surface area contributed by atoms with Crippen LogP contribution in [0.3, 0.4) is 0 Å². The minimum absolute atomic E-state index is 0.430. The lowest BCUT2D eigenvalue weighted by Crippen LogP contribution is -2.14. The van der Waals surface area contributed by atoms with Gasteiger partial charge in [-0.2, -0.15) is 0 Å². The van der Waals surface area contributed by atoms with Gasteiger partial charge in [0, 0.05) is 36.2 Å². The first kappa shape index (κ1) is 10.6. The van der Waals surface area contributed by atoms with E-state index in [-0.39, 0.29) is 0 Å². The first-order valence-corrected chi connectivity index (χ1v) is 6.34. The van der Waals surface area contributed by atoms with Crippen molar-refractivity contribution in [3.8, 4) is 0 Å². The summed E-state index contributed by atoms with van der Waals surface area (Å²) in [6.07, 6.45) is 5.67. The van der Waals surface area contributed by atoms with Gasteiger partial charge in [-0.05, 0) is 43.5 Å². The van der Waals surface area contributed by atoms with Gasteiger partial charge in [0.05, 0.1) is 0 Å². The van der Waals surface area contributed by atoms with Crippen LogP contribution in [0.5, 0.6) is 0 Å². The summed E-state index contributed by atoms with van der Waals surface area (Å²) in [5.41, 5.74) is 4.03. The second-order valence-electron chi connectivity index (χ2n) is 5.02. The number of aryl methyl sites for hydroxylation is 1. The molecule has 17 heavy (non-hydrogen) atoms. The minimum Gasteiger partial charge on any atom is -0.320 e. The van der Waals surface area contributed by atoms with E-state index in [0.717, 1.165) is 25.7 Å². The zero-order valence-electron chi connectivity index (χ0n) is 10.1. The number of hydrogen-bond acceptors (Lipinski definition) is 1. The molecule has 0 spiro atoms. The van der Waals surface area contributed by atoms with Gasteiger partial charge in [0.2, 0.25) is 0 Å². The van der Waals surface area contributed by atoms with E-state index in [1.165, 1.54) is 16.8 Å². The SMILES string of the molecule is Cc1cc2ccccn2c1C1CCC(=O)CC1. The number of aromatic nitrogens is 1. The van der Waals surface area contributed by atoms with E-state index in [0.29, 0.717) is 11.7 Å². The third-order valence-electron chi connectivity index (χ3n) is 3.85. The fraction of sp³-hybridized carbons (Fsp3) is 0.400. The van der Waals surface area contributed by atoms with E-state index >= 15 is 0 Å². The van der Waals surface area contributed by atoms with E-state index in [1.54, 1.807) is 0 Å². The van der Waals surface area contributed by atoms with Crippen molar-refractivity contribution in [2.45, 2.75) is 38.5 Å². The van der Waals surface area contributed by atoms with Crippen molar-refractivity contribution in [1.29, 1.82) is 0 Å². The monoisotopic (exact) mass is 227 g/mol. The van der Waals surface area contributed by atoms with Crippen LogP contribution in [0.1, 0.15) is 42.9 Å². The Hall–Kier alpha value is -1.57. The van der Waals surface area contributed by atoms with Crippen molar-refractivity contribution in [1.82, 2.24) is 4.40 Å². The largest absolute Gasteiger partial charge is 0.320 e. The molecule has 3 rings (SSSR count). The second kappa shape index (κ2) is 4.02. The van der Waals surface area contributed by atoms with Gasteiger partial charge in [-0.3, -0.25) is 4.79 Å². The summed E-state index contributed by atoms with van der Waals surface area (Å²) < 4.78 is 2.29. The van der Waals surface area contributed by atoms with Crippen LogP contribution in [0.25, 0.3) is 5.52 Å². The quantitative estimate of drug-likeness (QED) is 0.731. The maximum Gasteiger partial charge on any atom is 0.132 e. The molecule has 2 heterocycles. The molecule has 2 aromatic heterocycles. The smallest absolute Gasteiger partial charge is 0.132 e. The normalized spacial score (nSPS) is 17.8. The lowest BCUT2D eigenvalue weighted by Gasteiger charge is -2.22. The van der Waals surface area contributed by atoms with Crippen LogP contribution in [0.4, 0.5) is 0 Å². The second-order valence-corrected chi connectivity index (χ2v) is 5.02. The van der Waals surface area contributed by atoms with Crippen molar-refractivity contribution >= 4 is 11.3 Å². The van der Waals surface area contributed by atoms with Crippen molar-refractivity contribution in [3.63, 3.8) is 0 Å². The number of ketones is 1. The number of Topliss-reactive ketones (excluding diaryl/α,β-unsaturated/α-hetero) is 1. The Labute approximate surface area is 101 Å². The molecule has 1 fully saturated rings. The van der Waals surface area contributed by atoms with Crippen LogP contribution >= 0.6 is 0 Å². The highest BCUT2D eigenvalue weighted by molar-refractivity contribution is 5.79. The molecule has 1 aliphatic rings. The number of pyridine rings is 1. The standard InChI is InChI=1S/C15H17NO/c1-11-10-13-4-2-3-9-16(13)15(11)12-5-7-14(17)8-6-12/h2-4,9-10,12H,5-8H2,1H3. The van der Waals surface area contributed by atoms with E-state index in [2.05, 4.69) is 41.8 Å². The molecule has 1 aliphatic carbocycles. The van der Waals surface area contributed by atoms with Gasteiger partial charge < -0.3 is 4.40 Å². The molecule has 0 atom stereocenters. The topological polar surface area (TPSA) is 21.5 Å². The molecule has 0 bridgehead atoms.